The molecular formula is C17H23ClN2O2. The maximum atomic E-state index is 11.9. The van der Waals surface area contributed by atoms with Gasteiger partial charge >= 0.3 is 0 Å². The van der Waals surface area contributed by atoms with Crippen LogP contribution in [-0.2, 0) is 4.79 Å². The van der Waals surface area contributed by atoms with Crippen molar-refractivity contribution in [2.24, 2.45) is 5.92 Å². The number of para-hydroxylation sites is 1. The number of benzene rings is 1. The molecule has 1 amide bonds. The lowest BCUT2D eigenvalue weighted by molar-refractivity contribution is -0.121. The number of hydrogen-bond acceptors (Lipinski definition) is 3. The predicted octanol–water partition coefficient (Wildman–Crippen LogP) is 3.34. The van der Waals surface area contributed by atoms with Gasteiger partial charge in [-0.25, -0.2) is 0 Å². The molecule has 1 atom stereocenters. The van der Waals surface area contributed by atoms with Crippen LogP contribution >= 0.6 is 12.4 Å². The second kappa shape index (κ2) is 7.16. The first-order valence-electron chi connectivity index (χ1n) is 7.63. The number of amides is 1. The Bertz CT molecular complexity index is 649. The Morgan fingerprint density at radius 3 is 2.77 bits per heavy atom. The molecule has 120 valence electrons. The minimum Gasteiger partial charge on any atom is -0.459 e. The molecule has 0 radical (unpaired) electrons. The van der Waals surface area contributed by atoms with E-state index < -0.39 is 0 Å². The number of aryl methyl sites for hydroxylation is 1. The van der Waals surface area contributed by atoms with Crippen LogP contribution in [-0.4, -0.2) is 19.0 Å². The van der Waals surface area contributed by atoms with Crippen molar-refractivity contribution in [3.8, 4) is 0 Å². The smallest absolute Gasteiger partial charge is 0.234 e. The molecule has 0 saturated heterocycles. The molecule has 1 fully saturated rings. The van der Waals surface area contributed by atoms with Crippen LogP contribution in [0.2, 0.25) is 0 Å². The van der Waals surface area contributed by atoms with Gasteiger partial charge in [-0.3, -0.25) is 4.79 Å². The summed E-state index contributed by atoms with van der Waals surface area (Å²) < 4.78 is 5.88. The molecule has 5 heteroatoms. The lowest BCUT2D eigenvalue weighted by Crippen LogP contribution is -2.36. The second-order valence-electron chi connectivity index (χ2n) is 5.95. The number of carbonyl (C=O) groups is 1. The summed E-state index contributed by atoms with van der Waals surface area (Å²) in [6.07, 6.45) is 2.59. The standard InChI is InChI=1S/C17H22N2O2.ClH/c1-11-14-5-3-4-6-15(14)21-17(11)12(2)19-16(20)10-18-9-13-7-8-13;/h3-6,12-13,18H,7-10H2,1-2H3,(H,19,20);1H. The van der Waals surface area contributed by atoms with E-state index in [0.717, 1.165) is 34.8 Å². The molecule has 1 heterocycles. The molecule has 1 aromatic heterocycles. The highest BCUT2D eigenvalue weighted by molar-refractivity contribution is 5.85. The van der Waals surface area contributed by atoms with Crippen molar-refractivity contribution in [3.63, 3.8) is 0 Å². The van der Waals surface area contributed by atoms with Crippen LogP contribution in [0, 0.1) is 12.8 Å². The maximum absolute atomic E-state index is 11.9. The molecule has 4 nitrogen and oxygen atoms in total. The van der Waals surface area contributed by atoms with Crippen LogP contribution in [0.5, 0.6) is 0 Å². The Morgan fingerprint density at radius 2 is 2.09 bits per heavy atom. The van der Waals surface area contributed by atoms with Gasteiger partial charge in [0.25, 0.3) is 0 Å². The molecule has 3 rings (SSSR count). The van der Waals surface area contributed by atoms with Crippen LogP contribution in [0.15, 0.2) is 28.7 Å². The fourth-order valence-corrected chi connectivity index (χ4v) is 2.68. The first kappa shape index (κ1) is 16.8. The van der Waals surface area contributed by atoms with Gasteiger partial charge in [0.15, 0.2) is 0 Å². The zero-order chi connectivity index (χ0) is 14.8. The van der Waals surface area contributed by atoms with Crippen molar-refractivity contribution in [2.75, 3.05) is 13.1 Å². The third kappa shape index (κ3) is 3.81. The zero-order valence-electron chi connectivity index (χ0n) is 13.0. The van der Waals surface area contributed by atoms with Crippen molar-refractivity contribution in [3.05, 3.63) is 35.6 Å². The van der Waals surface area contributed by atoms with Gasteiger partial charge in [0.05, 0.1) is 12.6 Å². The van der Waals surface area contributed by atoms with Gasteiger partial charge in [0.1, 0.15) is 11.3 Å². The number of hydrogen-bond donors (Lipinski definition) is 2. The Labute approximate surface area is 137 Å². The van der Waals surface area contributed by atoms with Crippen molar-refractivity contribution in [1.82, 2.24) is 10.6 Å². The largest absolute Gasteiger partial charge is 0.459 e. The van der Waals surface area contributed by atoms with Crippen LogP contribution in [0.25, 0.3) is 11.0 Å². The number of carbonyl (C=O) groups excluding carboxylic acids is 1. The number of halogens is 1. The summed E-state index contributed by atoms with van der Waals surface area (Å²) in [5.74, 6) is 1.64. The summed E-state index contributed by atoms with van der Waals surface area (Å²) >= 11 is 0. The lowest BCUT2D eigenvalue weighted by Gasteiger charge is -2.13. The minimum atomic E-state index is -0.118. The van der Waals surface area contributed by atoms with Crippen molar-refractivity contribution >= 4 is 29.3 Å². The monoisotopic (exact) mass is 322 g/mol. The van der Waals surface area contributed by atoms with Gasteiger partial charge in [-0.05, 0) is 45.2 Å². The highest BCUT2D eigenvalue weighted by atomic mass is 35.5. The van der Waals surface area contributed by atoms with Crippen molar-refractivity contribution in [2.45, 2.75) is 32.7 Å². The van der Waals surface area contributed by atoms with Crippen LogP contribution in [0.4, 0.5) is 0 Å². The molecule has 22 heavy (non-hydrogen) atoms. The molecule has 1 aliphatic rings. The van der Waals surface area contributed by atoms with E-state index in [9.17, 15) is 4.79 Å². The molecule has 1 unspecified atom stereocenters. The van der Waals surface area contributed by atoms with Crippen LogP contribution in [0.1, 0.15) is 37.1 Å². The highest BCUT2D eigenvalue weighted by Gasteiger charge is 2.21. The molecule has 0 aliphatic heterocycles. The van der Waals surface area contributed by atoms with Crippen molar-refractivity contribution < 1.29 is 9.21 Å². The molecule has 2 aromatic rings. The van der Waals surface area contributed by atoms with Gasteiger partial charge in [-0.2, -0.15) is 0 Å². The Balaban J connectivity index is 0.00000176. The lowest BCUT2D eigenvalue weighted by atomic mass is 10.1. The van der Waals surface area contributed by atoms with E-state index in [2.05, 4.69) is 10.6 Å². The molecule has 1 aliphatic carbocycles. The fraction of sp³-hybridized carbons (Fsp3) is 0.471. The van der Waals surface area contributed by atoms with E-state index in [0.29, 0.717) is 6.54 Å². The zero-order valence-corrected chi connectivity index (χ0v) is 13.8. The quantitative estimate of drug-likeness (QED) is 0.857. The predicted molar refractivity (Wildman–Crippen MR) is 90.4 cm³/mol. The maximum Gasteiger partial charge on any atom is 0.234 e. The number of fused-ring (bicyclic) bond motifs is 1. The average molecular weight is 323 g/mol. The van der Waals surface area contributed by atoms with Gasteiger partial charge in [0, 0.05) is 10.9 Å². The fourth-order valence-electron chi connectivity index (χ4n) is 2.68. The number of rotatable bonds is 6. The first-order valence-corrected chi connectivity index (χ1v) is 7.63. The molecular weight excluding hydrogens is 300 g/mol. The Hall–Kier alpha value is -1.52. The Morgan fingerprint density at radius 1 is 1.36 bits per heavy atom. The number of furan rings is 1. The van der Waals surface area contributed by atoms with Gasteiger partial charge in [0.2, 0.25) is 5.91 Å². The van der Waals surface area contributed by atoms with E-state index in [-0.39, 0.29) is 24.4 Å². The third-order valence-electron chi connectivity index (χ3n) is 4.07. The Kier molecular flexibility index (Phi) is 5.48. The van der Waals surface area contributed by atoms with Gasteiger partial charge < -0.3 is 15.1 Å². The SMILES string of the molecule is Cc1c(C(C)NC(=O)CNCC2CC2)oc2ccccc12.Cl. The molecule has 1 aromatic carbocycles. The second-order valence-corrected chi connectivity index (χ2v) is 5.95. The molecule has 2 N–H and O–H groups in total. The summed E-state index contributed by atoms with van der Waals surface area (Å²) in [6, 6.07) is 7.84. The minimum absolute atomic E-state index is 0. The number of nitrogens with one attached hydrogen (secondary N) is 2. The van der Waals surface area contributed by atoms with E-state index in [4.69, 9.17) is 4.42 Å². The van der Waals surface area contributed by atoms with Crippen LogP contribution in [0.3, 0.4) is 0 Å². The van der Waals surface area contributed by atoms with Gasteiger partial charge in [-0.1, -0.05) is 18.2 Å². The van der Waals surface area contributed by atoms with Gasteiger partial charge in [-0.15, -0.1) is 12.4 Å². The van der Waals surface area contributed by atoms with E-state index >= 15 is 0 Å². The summed E-state index contributed by atoms with van der Waals surface area (Å²) in [4.78, 5) is 11.9. The van der Waals surface area contributed by atoms with E-state index in [1.165, 1.54) is 12.8 Å². The highest BCUT2D eigenvalue weighted by Crippen LogP contribution is 2.29. The normalized spacial score (nSPS) is 15.4. The van der Waals surface area contributed by atoms with Crippen LogP contribution < -0.4 is 10.6 Å². The summed E-state index contributed by atoms with van der Waals surface area (Å²) in [5, 5.41) is 7.31. The van der Waals surface area contributed by atoms with E-state index in [1.807, 2.05) is 38.1 Å². The summed E-state index contributed by atoms with van der Waals surface area (Å²) in [6.45, 7) is 5.32. The molecule has 0 spiro atoms. The topological polar surface area (TPSA) is 54.3 Å². The first-order chi connectivity index (χ1) is 10.1. The third-order valence-corrected chi connectivity index (χ3v) is 4.07. The van der Waals surface area contributed by atoms with Crippen molar-refractivity contribution in [1.29, 1.82) is 0 Å². The summed E-state index contributed by atoms with van der Waals surface area (Å²) in [5.41, 5.74) is 1.97. The molecule has 1 saturated carbocycles. The summed E-state index contributed by atoms with van der Waals surface area (Å²) in [7, 11) is 0. The average Bonchev–Trinajstić information content (AvgIpc) is 3.22. The van der Waals surface area contributed by atoms with E-state index in [1.54, 1.807) is 0 Å². The molecule has 0 bridgehead atoms.